The summed E-state index contributed by atoms with van der Waals surface area (Å²) in [4.78, 5) is 42.3. The Kier molecular flexibility index (Phi) is 21.3. The Morgan fingerprint density at radius 3 is 1.77 bits per heavy atom. The van der Waals surface area contributed by atoms with E-state index < -0.39 is 24.0 Å². The van der Waals surface area contributed by atoms with E-state index in [9.17, 15) is 9.59 Å². The van der Waals surface area contributed by atoms with Gasteiger partial charge in [-0.25, -0.2) is 4.79 Å². The summed E-state index contributed by atoms with van der Waals surface area (Å²) in [6.07, 6.45) is 21.4. The van der Waals surface area contributed by atoms with Gasteiger partial charge in [-0.15, -0.1) is 0 Å². The predicted octanol–water partition coefficient (Wildman–Crippen LogP) is 12.2. The molecule has 0 spiro atoms. The second-order valence-corrected chi connectivity index (χ2v) is 16.8. The molecule has 312 valence electrons. The Morgan fingerprint density at radius 1 is 0.661 bits per heavy atom. The molecule has 1 saturated carbocycles. The first-order valence-electron chi connectivity index (χ1n) is 22.7. The third-order valence-corrected chi connectivity index (χ3v) is 12.0. The van der Waals surface area contributed by atoms with Gasteiger partial charge in [0.15, 0.2) is 0 Å². The molecule has 2 aliphatic rings. The highest BCUT2D eigenvalue weighted by atomic mass is 16.7. The van der Waals surface area contributed by atoms with Gasteiger partial charge in [0.2, 0.25) is 11.9 Å². The van der Waals surface area contributed by atoms with Crippen molar-refractivity contribution in [1.82, 2.24) is 0 Å². The molecule has 1 heterocycles. The average Bonchev–Trinajstić information content (AvgIpc) is 3.41. The average molecular weight is 775 g/mol. The van der Waals surface area contributed by atoms with Gasteiger partial charge in [0.05, 0.1) is 5.92 Å². The monoisotopic (exact) mass is 775 g/mol. The fraction of sp³-hybridized carbons (Fsp3) is 0.694. The lowest BCUT2D eigenvalue weighted by molar-refractivity contribution is -0.226. The highest BCUT2D eigenvalue weighted by Gasteiger charge is 2.49. The van der Waals surface area contributed by atoms with Crippen molar-refractivity contribution in [2.45, 2.75) is 186 Å². The number of Topliss-reactive ketones (excluding diaryl/α,β-unsaturated/α-hetero) is 1. The van der Waals surface area contributed by atoms with Gasteiger partial charge < -0.3 is 18.9 Å². The van der Waals surface area contributed by atoms with E-state index in [4.69, 9.17) is 18.9 Å². The topological polar surface area (TPSA) is 88.1 Å². The predicted molar refractivity (Wildman–Crippen MR) is 224 cm³/mol. The molecule has 0 amide bonds. The molecule has 7 nitrogen and oxygen atoms in total. The van der Waals surface area contributed by atoms with E-state index in [2.05, 4.69) is 20.8 Å². The Bertz CT molecular complexity index is 1330. The van der Waals surface area contributed by atoms with E-state index in [1.54, 1.807) is 0 Å². The normalized spacial score (nSPS) is 19.9. The highest BCUT2D eigenvalue weighted by Crippen LogP contribution is 2.40. The van der Waals surface area contributed by atoms with E-state index in [0.717, 1.165) is 51.4 Å². The molecule has 0 aromatic heterocycles. The van der Waals surface area contributed by atoms with Crippen molar-refractivity contribution in [2.75, 3.05) is 13.2 Å². The number of ketones is 1. The van der Waals surface area contributed by atoms with Gasteiger partial charge in [-0.05, 0) is 68.4 Å². The van der Waals surface area contributed by atoms with Crippen molar-refractivity contribution in [2.24, 2.45) is 17.8 Å². The third kappa shape index (κ3) is 15.0. The zero-order valence-corrected chi connectivity index (χ0v) is 35.2. The van der Waals surface area contributed by atoms with Gasteiger partial charge in [0.1, 0.15) is 11.9 Å². The molecule has 4 atom stereocenters. The lowest BCUT2D eigenvalue weighted by Crippen LogP contribution is -2.47. The SMILES string of the molecule is CCCCCCCCCCCCCCC(OC(=O)C1CCOCC1)OC(C(=O)OC1CC(C)CCC(C(=O)CCCCC)C1)(c1ccccc1)c1ccccc1. The molecule has 0 radical (unpaired) electrons. The van der Waals surface area contributed by atoms with Gasteiger partial charge >= 0.3 is 11.9 Å². The van der Waals surface area contributed by atoms with Gasteiger partial charge in [-0.3, -0.25) is 9.59 Å². The maximum Gasteiger partial charge on any atom is 0.348 e. The zero-order chi connectivity index (χ0) is 39.9. The van der Waals surface area contributed by atoms with E-state index in [0.29, 0.717) is 68.8 Å². The van der Waals surface area contributed by atoms with Crippen LogP contribution in [-0.2, 0) is 38.9 Å². The summed E-state index contributed by atoms with van der Waals surface area (Å²) in [6, 6.07) is 19.0. The molecule has 0 N–H and O–H groups in total. The van der Waals surface area contributed by atoms with Crippen LogP contribution in [0.4, 0.5) is 0 Å². The smallest absolute Gasteiger partial charge is 0.348 e. The van der Waals surface area contributed by atoms with E-state index >= 15 is 4.79 Å². The van der Waals surface area contributed by atoms with E-state index in [1.165, 1.54) is 57.8 Å². The first-order chi connectivity index (χ1) is 27.4. The molecule has 4 unspecified atom stereocenters. The summed E-state index contributed by atoms with van der Waals surface area (Å²) in [5.74, 6) is -0.646. The first kappa shape index (κ1) is 45.7. The van der Waals surface area contributed by atoms with Crippen LogP contribution >= 0.6 is 0 Å². The highest BCUT2D eigenvalue weighted by molar-refractivity contribution is 5.86. The molecule has 7 heteroatoms. The number of benzene rings is 2. The lowest BCUT2D eigenvalue weighted by atomic mass is 9.85. The maximum atomic E-state index is 15.1. The van der Waals surface area contributed by atoms with Crippen LogP contribution in [0, 0.1) is 17.8 Å². The van der Waals surface area contributed by atoms with Crippen molar-refractivity contribution in [3.63, 3.8) is 0 Å². The fourth-order valence-corrected chi connectivity index (χ4v) is 8.54. The third-order valence-electron chi connectivity index (χ3n) is 12.0. The van der Waals surface area contributed by atoms with Crippen LogP contribution in [0.2, 0.25) is 0 Å². The Morgan fingerprint density at radius 2 is 1.20 bits per heavy atom. The van der Waals surface area contributed by atoms with Crippen LogP contribution < -0.4 is 0 Å². The number of esters is 2. The summed E-state index contributed by atoms with van der Waals surface area (Å²) in [5.41, 5.74) is -0.463. The molecule has 56 heavy (non-hydrogen) atoms. The second-order valence-electron chi connectivity index (χ2n) is 16.8. The van der Waals surface area contributed by atoms with E-state index in [-0.39, 0.29) is 23.6 Å². The zero-order valence-electron chi connectivity index (χ0n) is 35.2. The summed E-state index contributed by atoms with van der Waals surface area (Å²) in [7, 11) is 0. The van der Waals surface area contributed by atoms with Gasteiger partial charge in [0, 0.05) is 32.0 Å². The van der Waals surface area contributed by atoms with Crippen molar-refractivity contribution in [3.8, 4) is 0 Å². The van der Waals surface area contributed by atoms with Gasteiger partial charge in [-0.2, -0.15) is 0 Å². The molecular formula is C49H74O7. The van der Waals surface area contributed by atoms with Crippen molar-refractivity contribution < 1.29 is 33.3 Å². The quantitative estimate of drug-likeness (QED) is 0.0407. The van der Waals surface area contributed by atoms with Gasteiger partial charge in [0.25, 0.3) is 0 Å². The minimum Gasteiger partial charge on any atom is -0.460 e. The van der Waals surface area contributed by atoms with Crippen LogP contribution in [-0.4, -0.2) is 43.3 Å². The number of hydrogen-bond donors (Lipinski definition) is 0. The lowest BCUT2D eigenvalue weighted by Gasteiger charge is -2.37. The fourth-order valence-electron chi connectivity index (χ4n) is 8.54. The summed E-state index contributed by atoms with van der Waals surface area (Å²) < 4.78 is 25.5. The standard InChI is InChI=1S/C49H74O7/c1-4-6-8-9-10-11-12-13-14-15-16-24-30-46(55-47(51)40-33-35-53-36-34-40)56-49(42-25-20-17-21-26-42,43-27-22-18-23-28-43)48(52)54-44-37-39(3)31-32-41(38-44)45(50)29-19-7-5-2/h17-18,20-23,25-28,39-41,44,46H,4-16,19,24,29-38H2,1-3H3. The van der Waals surface area contributed by atoms with Crippen molar-refractivity contribution in [3.05, 3.63) is 71.8 Å². The molecule has 1 aliphatic carbocycles. The van der Waals surface area contributed by atoms with Gasteiger partial charge in [-0.1, -0.05) is 165 Å². The molecule has 1 aliphatic heterocycles. The largest absolute Gasteiger partial charge is 0.460 e. The molecule has 2 aromatic carbocycles. The van der Waals surface area contributed by atoms with Crippen LogP contribution in [0.25, 0.3) is 0 Å². The first-order valence-corrected chi connectivity index (χ1v) is 22.7. The number of unbranched alkanes of at least 4 members (excludes halogenated alkanes) is 13. The maximum absolute atomic E-state index is 15.1. The summed E-state index contributed by atoms with van der Waals surface area (Å²) in [5, 5.41) is 0. The number of carbonyl (C=O) groups excluding carboxylic acids is 3. The minimum atomic E-state index is -1.70. The Labute approximate surface area is 339 Å². The Hall–Kier alpha value is -3.03. The Balaban J connectivity index is 1.56. The number of ether oxygens (including phenoxy) is 4. The van der Waals surface area contributed by atoms with Crippen LogP contribution in [0.5, 0.6) is 0 Å². The summed E-state index contributed by atoms with van der Waals surface area (Å²) in [6.45, 7) is 7.64. The molecule has 4 rings (SSSR count). The number of rotatable bonds is 26. The molecule has 0 bridgehead atoms. The number of hydrogen-bond acceptors (Lipinski definition) is 7. The minimum absolute atomic E-state index is 0.127. The van der Waals surface area contributed by atoms with Crippen LogP contribution in [0.1, 0.15) is 180 Å². The molecule has 2 fully saturated rings. The van der Waals surface area contributed by atoms with Crippen LogP contribution in [0.15, 0.2) is 60.7 Å². The second kappa shape index (κ2) is 26.1. The molecule has 2 aromatic rings. The van der Waals surface area contributed by atoms with Crippen molar-refractivity contribution in [1.29, 1.82) is 0 Å². The van der Waals surface area contributed by atoms with Crippen LogP contribution in [0.3, 0.4) is 0 Å². The molecule has 1 saturated heterocycles. The van der Waals surface area contributed by atoms with Crippen molar-refractivity contribution >= 4 is 17.7 Å². The number of carbonyl (C=O) groups is 3. The van der Waals surface area contributed by atoms with E-state index in [1.807, 2.05) is 60.7 Å². The molecular weight excluding hydrogens is 701 g/mol. The summed E-state index contributed by atoms with van der Waals surface area (Å²) >= 11 is 0.